The Hall–Kier alpha value is -1.55. The first kappa shape index (κ1) is 24.7. The molecule has 0 fully saturated rings. The van der Waals surface area contributed by atoms with E-state index >= 15 is 0 Å². The summed E-state index contributed by atoms with van der Waals surface area (Å²) in [6.45, 7) is 10.1. The standard InChI is InChI=1S/C24H29Cl3O3/c1-16(2)21-14-20(29-13-10-23(26)27)15-22(17(3)4)24(21)30-12-5-11-28-19-8-6-18(25)7-9-19/h6-10,14-17H,5,11-13H2,1-4H3. The zero-order chi connectivity index (χ0) is 22.1. The molecule has 0 saturated heterocycles. The third-order valence-corrected chi connectivity index (χ3v) is 5.03. The summed E-state index contributed by atoms with van der Waals surface area (Å²) in [4.78, 5) is 0. The number of ether oxygens (including phenoxy) is 3. The molecular formula is C24H29Cl3O3. The van der Waals surface area contributed by atoms with Gasteiger partial charge in [0, 0.05) is 22.6 Å². The van der Waals surface area contributed by atoms with Gasteiger partial charge in [0.15, 0.2) is 0 Å². The molecule has 0 aromatic heterocycles. The summed E-state index contributed by atoms with van der Waals surface area (Å²) >= 11 is 17.2. The predicted octanol–water partition coefficient (Wildman–Crippen LogP) is 8.13. The van der Waals surface area contributed by atoms with Gasteiger partial charge in [0.1, 0.15) is 28.3 Å². The van der Waals surface area contributed by atoms with Crippen LogP contribution in [0.25, 0.3) is 0 Å². The summed E-state index contributed by atoms with van der Waals surface area (Å²) in [6, 6.07) is 11.4. The summed E-state index contributed by atoms with van der Waals surface area (Å²) in [5.74, 6) is 3.10. The maximum atomic E-state index is 6.23. The summed E-state index contributed by atoms with van der Waals surface area (Å²) in [6.07, 6.45) is 2.40. The zero-order valence-electron chi connectivity index (χ0n) is 17.9. The second-order valence-electron chi connectivity index (χ2n) is 7.55. The van der Waals surface area contributed by atoms with Crippen LogP contribution in [0.4, 0.5) is 0 Å². The lowest BCUT2D eigenvalue weighted by Crippen LogP contribution is -2.09. The third kappa shape index (κ3) is 7.94. The van der Waals surface area contributed by atoms with E-state index in [1.165, 1.54) is 0 Å². The van der Waals surface area contributed by atoms with Crippen LogP contribution in [0.15, 0.2) is 47.0 Å². The highest BCUT2D eigenvalue weighted by Crippen LogP contribution is 2.38. The Balaban J connectivity index is 2.05. The summed E-state index contributed by atoms with van der Waals surface area (Å²) in [5, 5.41) is 0.697. The van der Waals surface area contributed by atoms with Crippen molar-refractivity contribution in [3.05, 3.63) is 63.1 Å². The molecule has 2 aromatic carbocycles. The van der Waals surface area contributed by atoms with Gasteiger partial charge in [-0.05, 0) is 54.3 Å². The van der Waals surface area contributed by atoms with Gasteiger partial charge in [-0.25, -0.2) is 0 Å². The van der Waals surface area contributed by atoms with Crippen molar-refractivity contribution in [1.82, 2.24) is 0 Å². The molecule has 0 N–H and O–H groups in total. The van der Waals surface area contributed by atoms with Crippen molar-refractivity contribution in [3.63, 3.8) is 0 Å². The number of benzene rings is 2. The number of halogens is 3. The topological polar surface area (TPSA) is 27.7 Å². The van der Waals surface area contributed by atoms with Gasteiger partial charge in [-0.1, -0.05) is 62.5 Å². The van der Waals surface area contributed by atoms with Crippen LogP contribution in [0.2, 0.25) is 5.02 Å². The molecule has 0 bridgehead atoms. The van der Waals surface area contributed by atoms with Crippen molar-refractivity contribution in [3.8, 4) is 17.2 Å². The van der Waals surface area contributed by atoms with E-state index in [0.717, 1.165) is 34.8 Å². The Morgan fingerprint density at radius 3 is 1.93 bits per heavy atom. The maximum absolute atomic E-state index is 6.23. The molecule has 0 aliphatic heterocycles. The Kier molecular flexibility index (Phi) is 10.2. The minimum absolute atomic E-state index is 0.198. The van der Waals surface area contributed by atoms with E-state index in [9.17, 15) is 0 Å². The van der Waals surface area contributed by atoms with E-state index < -0.39 is 0 Å². The van der Waals surface area contributed by atoms with Crippen LogP contribution in [0.1, 0.15) is 57.1 Å². The van der Waals surface area contributed by atoms with Crippen LogP contribution >= 0.6 is 34.8 Å². The molecule has 6 heteroatoms. The van der Waals surface area contributed by atoms with Gasteiger partial charge in [0.2, 0.25) is 0 Å². The minimum atomic E-state index is 0.198. The lowest BCUT2D eigenvalue weighted by Gasteiger charge is -2.22. The first-order chi connectivity index (χ1) is 14.3. The average Bonchev–Trinajstić information content (AvgIpc) is 2.68. The van der Waals surface area contributed by atoms with Crippen molar-refractivity contribution in [2.75, 3.05) is 19.8 Å². The summed E-state index contributed by atoms with van der Waals surface area (Å²) in [7, 11) is 0. The minimum Gasteiger partial charge on any atom is -0.493 e. The van der Waals surface area contributed by atoms with Gasteiger partial charge in [-0.3, -0.25) is 0 Å². The van der Waals surface area contributed by atoms with Gasteiger partial charge < -0.3 is 14.2 Å². The molecule has 30 heavy (non-hydrogen) atoms. The lowest BCUT2D eigenvalue weighted by atomic mass is 9.93. The molecule has 0 aliphatic carbocycles. The molecular weight excluding hydrogens is 443 g/mol. The second kappa shape index (κ2) is 12.3. The van der Waals surface area contributed by atoms with Crippen LogP contribution in [0, 0.1) is 0 Å². The molecule has 0 saturated carbocycles. The molecule has 0 radical (unpaired) electrons. The smallest absolute Gasteiger partial charge is 0.126 e. The Morgan fingerprint density at radius 2 is 1.40 bits per heavy atom. The van der Waals surface area contributed by atoms with Crippen molar-refractivity contribution in [1.29, 1.82) is 0 Å². The van der Waals surface area contributed by atoms with Crippen molar-refractivity contribution in [2.24, 2.45) is 0 Å². The van der Waals surface area contributed by atoms with Gasteiger partial charge >= 0.3 is 0 Å². The number of hydrogen-bond acceptors (Lipinski definition) is 3. The van der Waals surface area contributed by atoms with Gasteiger partial charge in [0.25, 0.3) is 0 Å². The van der Waals surface area contributed by atoms with Crippen LogP contribution in [0.3, 0.4) is 0 Å². The maximum Gasteiger partial charge on any atom is 0.126 e. The van der Waals surface area contributed by atoms with Crippen molar-refractivity contribution >= 4 is 34.8 Å². The first-order valence-corrected chi connectivity index (χ1v) is 11.2. The zero-order valence-corrected chi connectivity index (χ0v) is 20.2. The highest BCUT2D eigenvalue weighted by molar-refractivity contribution is 6.55. The van der Waals surface area contributed by atoms with Crippen LogP contribution in [0.5, 0.6) is 17.2 Å². The Labute approximate surface area is 194 Å². The van der Waals surface area contributed by atoms with Crippen LogP contribution in [-0.4, -0.2) is 19.8 Å². The van der Waals surface area contributed by atoms with E-state index in [-0.39, 0.29) is 4.49 Å². The Bertz CT molecular complexity index is 797. The fourth-order valence-electron chi connectivity index (χ4n) is 2.91. The summed E-state index contributed by atoms with van der Waals surface area (Å²) in [5.41, 5.74) is 2.24. The number of hydrogen-bond donors (Lipinski definition) is 0. The highest BCUT2D eigenvalue weighted by atomic mass is 35.5. The fraction of sp³-hybridized carbons (Fsp3) is 0.417. The summed E-state index contributed by atoms with van der Waals surface area (Å²) < 4.78 is 18.0. The normalized spacial score (nSPS) is 11.0. The molecule has 0 aliphatic rings. The van der Waals surface area contributed by atoms with E-state index in [2.05, 4.69) is 27.7 Å². The largest absolute Gasteiger partial charge is 0.493 e. The molecule has 0 amide bonds. The second-order valence-corrected chi connectivity index (χ2v) is 8.99. The molecule has 2 rings (SSSR count). The molecule has 2 aromatic rings. The van der Waals surface area contributed by atoms with Crippen molar-refractivity contribution < 1.29 is 14.2 Å². The molecule has 164 valence electrons. The Morgan fingerprint density at radius 1 is 0.833 bits per heavy atom. The van der Waals surface area contributed by atoms with Gasteiger partial charge in [0.05, 0.1) is 13.2 Å². The van der Waals surface area contributed by atoms with E-state index in [1.807, 2.05) is 36.4 Å². The molecule has 3 nitrogen and oxygen atoms in total. The van der Waals surface area contributed by atoms with E-state index in [0.29, 0.717) is 36.7 Å². The van der Waals surface area contributed by atoms with Crippen LogP contribution < -0.4 is 14.2 Å². The lowest BCUT2D eigenvalue weighted by molar-refractivity contribution is 0.243. The molecule has 0 spiro atoms. The van der Waals surface area contributed by atoms with Crippen LogP contribution in [-0.2, 0) is 0 Å². The molecule has 0 atom stereocenters. The molecule has 0 unspecified atom stereocenters. The average molecular weight is 472 g/mol. The fourth-order valence-corrected chi connectivity index (χ4v) is 3.16. The number of rotatable bonds is 11. The third-order valence-electron chi connectivity index (χ3n) is 4.47. The van der Waals surface area contributed by atoms with Gasteiger partial charge in [-0.15, -0.1) is 0 Å². The SMILES string of the molecule is CC(C)c1cc(OCC=C(Cl)Cl)cc(C(C)C)c1OCCCOc1ccc(Cl)cc1. The quantitative estimate of drug-likeness (QED) is 0.310. The van der Waals surface area contributed by atoms with Gasteiger partial charge in [-0.2, -0.15) is 0 Å². The predicted molar refractivity (Wildman–Crippen MR) is 127 cm³/mol. The highest BCUT2D eigenvalue weighted by Gasteiger charge is 2.18. The van der Waals surface area contributed by atoms with Crippen molar-refractivity contribution in [2.45, 2.75) is 46.0 Å². The first-order valence-electron chi connectivity index (χ1n) is 10.1. The monoisotopic (exact) mass is 470 g/mol. The van der Waals surface area contributed by atoms with E-state index in [4.69, 9.17) is 49.0 Å². The molecule has 0 heterocycles. The van der Waals surface area contributed by atoms with E-state index in [1.54, 1.807) is 6.08 Å².